The molecule has 2 aromatic heterocycles. The number of carbonyl (C=O) groups is 1. The third-order valence-electron chi connectivity index (χ3n) is 6.98. The fourth-order valence-corrected chi connectivity index (χ4v) is 4.78. The lowest BCUT2D eigenvalue weighted by atomic mass is 9.87. The van der Waals surface area contributed by atoms with Crippen molar-refractivity contribution in [2.45, 2.75) is 58.4 Å². The molecule has 1 N–H and O–H groups in total. The maximum Gasteiger partial charge on any atom is 0.281 e. The van der Waals surface area contributed by atoms with E-state index in [1.807, 2.05) is 36.1 Å². The number of nitrogens with zero attached hydrogens (tertiary/aromatic N) is 5. The molecule has 8 nitrogen and oxygen atoms in total. The number of benzene rings is 2. The predicted octanol–water partition coefficient (Wildman–Crippen LogP) is 4.19. The van der Waals surface area contributed by atoms with E-state index < -0.39 is 0 Å². The number of carbonyl (C=O) groups excluding carboxylic acids is 1. The Hall–Kier alpha value is -3.81. The van der Waals surface area contributed by atoms with Crippen molar-refractivity contribution >= 4 is 17.1 Å². The molecule has 1 aliphatic rings. The Morgan fingerprint density at radius 1 is 1.08 bits per heavy atom. The monoisotopic (exact) mass is 484 g/mol. The minimum atomic E-state index is -0.275. The first-order chi connectivity index (χ1) is 17.2. The number of amides is 1. The molecule has 2 aromatic carbocycles. The Labute approximate surface area is 210 Å². The molecule has 0 bridgehead atoms. The molecule has 1 fully saturated rings. The SMILES string of the molecule is Cc1cccc(C(=O)N2CCC(c3nc4c(nnn4Cc4ccc(C(C)(C)C)cc4)c(=O)[nH]3)CC2)c1. The first kappa shape index (κ1) is 23.9. The molecule has 1 saturated heterocycles. The van der Waals surface area contributed by atoms with Crippen LogP contribution in [0.2, 0.25) is 0 Å². The molecule has 0 radical (unpaired) electrons. The van der Waals surface area contributed by atoms with E-state index in [1.54, 1.807) is 4.68 Å². The zero-order valence-corrected chi connectivity index (χ0v) is 21.3. The van der Waals surface area contributed by atoms with Gasteiger partial charge in [-0.3, -0.25) is 9.59 Å². The van der Waals surface area contributed by atoms with Gasteiger partial charge in [0.15, 0.2) is 11.2 Å². The number of fused-ring (bicyclic) bond motifs is 1. The Bertz CT molecular complexity index is 1450. The van der Waals surface area contributed by atoms with Gasteiger partial charge in [-0.05, 0) is 48.4 Å². The van der Waals surface area contributed by atoms with E-state index in [-0.39, 0.29) is 28.3 Å². The van der Waals surface area contributed by atoms with Gasteiger partial charge in [0.1, 0.15) is 5.82 Å². The minimum Gasteiger partial charge on any atom is -0.339 e. The lowest BCUT2D eigenvalue weighted by molar-refractivity contribution is 0.0711. The van der Waals surface area contributed by atoms with Gasteiger partial charge in [0.05, 0.1) is 6.54 Å². The Morgan fingerprint density at radius 2 is 1.81 bits per heavy atom. The number of piperidine rings is 1. The van der Waals surface area contributed by atoms with Crippen LogP contribution in [0.15, 0.2) is 53.3 Å². The van der Waals surface area contributed by atoms with Gasteiger partial charge in [0, 0.05) is 24.6 Å². The van der Waals surface area contributed by atoms with Crippen molar-refractivity contribution in [3.8, 4) is 0 Å². The summed E-state index contributed by atoms with van der Waals surface area (Å²) in [5, 5.41) is 8.30. The topological polar surface area (TPSA) is 96.8 Å². The summed E-state index contributed by atoms with van der Waals surface area (Å²) in [7, 11) is 0. The van der Waals surface area contributed by atoms with Crippen molar-refractivity contribution in [3.05, 3.63) is 87.0 Å². The quantitative estimate of drug-likeness (QED) is 0.469. The third-order valence-corrected chi connectivity index (χ3v) is 6.98. The minimum absolute atomic E-state index is 0.0498. The van der Waals surface area contributed by atoms with Crippen LogP contribution in [0, 0.1) is 6.92 Å². The molecule has 36 heavy (non-hydrogen) atoms. The van der Waals surface area contributed by atoms with Gasteiger partial charge in [-0.25, -0.2) is 9.67 Å². The molecule has 8 heteroatoms. The molecule has 0 aliphatic carbocycles. The van der Waals surface area contributed by atoms with Gasteiger partial charge in [0.2, 0.25) is 0 Å². The Kier molecular flexibility index (Phi) is 6.20. The molecule has 0 atom stereocenters. The molecule has 0 unspecified atom stereocenters. The van der Waals surface area contributed by atoms with E-state index in [0.29, 0.717) is 36.7 Å². The first-order valence-electron chi connectivity index (χ1n) is 12.5. The van der Waals surface area contributed by atoms with Crippen molar-refractivity contribution < 1.29 is 4.79 Å². The van der Waals surface area contributed by atoms with E-state index in [1.165, 1.54) is 5.56 Å². The number of nitrogens with one attached hydrogen (secondary N) is 1. The summed E-state index contributed by atoms with van der Waals surface area (Å²) in [6.45, 7) is 10.3. The van der Waals surface area contributed by atoms with Gasteiger partial charge >= 0.3 is 0 Å². The second kappa shape index (κ2) is 9.33. The summed E-state index contributed by atoms with van der Waals surface area (Å²) in [5.41, 5.74) is 4.67. The molecule has 1 aliphatic heterocycles. The number of hydrogen-bond acceptors (Lipinski definition) is 5. The average Bonchev–Trinajstić information content (AvgIpc) is 3.26. The summed E-state index contributed by atoms with van der Waals surface area (Å²) in [5.74, 6) is 0.758. The van der Waals surface area contributed by atoms with Crippen LogP contribution in [0.4, 0.5) is 0 Å². The van der Waals surface area contributed by atoms with E-state index in [4.69, 9.17) is 4.98 Å². The number of aromatic nitrogens is 5. The maximum atomic E-state index is 12.9. The normalized spacial score (nSPS) is 14.9. The third kappa shape index (κ3) is 4.80. The van der Waals surface area contributed by atoms with Crippen LogP contribution in [0.1, 0.15) is 72.4 Å². The largest absolute Gasteiger partial charge is 0.339 e. The maximum absolute atomic E-state index is 12.9. The second-order valence-electron chi connectivity index (χ2n) is 10.8. The second-order valence-corrected chi connectivity index (χ2v) is 10.8. The average molecular weight is 485 g/mol. The number of H-pyrrole nitrogens is 1. The molecule has 0 spiro atoms. The van der Waals surface area contributed by atoms with Gasteiger partial charge < -0.3 is 9.88 Å². The van der Waals surface area contributed by atoms with Gasteiger partial charge in [-0.15, -0.1) is 5.10 Å². The number of aromatic amines is 1. The van der Waals surface area contributed by atoms with Crippen molar-refractivity contribution in [2.24, 2.45) is 0 Å². The fourth-order valence-electron chi connectivity index (χ4n) is 4.78. The first-order valence-corrected chi connectivity index (χ1v) is 12.5. The fraction of sp³-hybridized carbons (Fsp3) is 0.393. The van der Waals surface area contributed by atoms with Crippen molar-refractivity contribution in [1.82, 2.24) is 29.9 Å². The van der Waals surface area contributed by atoms with Gasteiger partial charge in [-0.2, -0.15) is 0 Å². The number of hydrogen-bond donors (Lipinski definition) is 1. The lowest BCUT2D eigenvalue weighted by Crippen LogP contribution is -2.38. The van der Waals surface area contributed by atoms with Crippen molar-refractivity contribution in [1.29, 1.82) is 0 Å². The molecule has 3 heterocycles. The van der Waals surface area contributed by atoms with Crippen LogP contribution in [-0.4, -0.2) is 48.9 Å². The number of likely N-dealkylation sites (tertiary alicyclic amines) is 1. The van der Waals surface area contributed by atoms with Crippen LogP contribution in [0.25, 0.3) is 11.2 Å². The molecular formula is C28H32N6O2. The lowest BCUT2D eigenvalue weighted by Gasteiger charge is -2.31. The van der Waals surface area contributed by atoms with Crippen LogP contribution in [0.5, 0.6) is 0 Å². The van der Waals surface area contributed by atoms with Crippen molar-refractivity contribution in [3.63, 3.8) is 0 Å². The molecule has 5 rings (SSSR count). The summed E-state index contributed by atoms with van der Waals surface area (Å²) in [6, 6.07) is 16.1. The summed E-state index contributed by atoms with van der Waals surface area (Å²) in [6.07, 6.45) is 1.48. The zero-order chi connectivity index (χ0) is 25.4. The van der Waals surface area contributed by atoms with Gasteiger partial charge in [-0.1, -0.05) is 67.9 Å². The van der Waals surface area contributed by atoms with E-state index in [2.05, 4.69) is 60.3 Å². The predicted molar refractivity (Wildman–Crippen MR) is 139 cm³/mol. The zero-order valence-electron chi connectivity index (χ0n) is 21.3. The van der Waals surface area contributed by atoms with Crippen molar-refractivity contribution in [2.75, 3.05) is 13.1 Å². The highest BCUT2D eigenvalue weighted by Crippen LogP contribution is 2.27. The van der Waals surface area contributed by atoms with E-state index in [9.17, 15) is 9.59 Å². The van der Waals surface area contributed by atoms with Crippen LogP contribution < -0.4 is 5.56 Å². The highest BCUT2D eigenvalue weighted by molar-refractivity contribution is 5.94. The van der Waals surface area contributed by atoms with Gasteiger partial charge in [0.25, 0.3) is 11.5 Å². The van der Waals surface area contributed by atoms with E-state index >= 15 is 0 Å². The Morgan fingerprint density at radius 3 is 2.47 bits per heavy atom. The van der Waals surface area contributed by atoms with Crippen LogP contribution in [0.3, 0.4) is 0 Å². The highest BCUT2D eigenvalue weighted by Gasteiger charge is 2.27. The molecular weight excluding hydrogens is 452 g/mol. The van der Waals surface area contributed by atoms with E-state index in [0.717, 1.165) is 24.0 Å². The number of aryl methyl sites for hydroxylation is 1. The molecule has 186 valence electrons. The molecule has 1 amide bonds. The standard InChI is InChI=1S/C28H32N6O2/c1-18-6-5-7-21(16-18)27(36)33-14-12-20(13-15-33)24-29-25-23(26(35)30-24)31-32-34(25)17-19-8-10-22(11-9-19)28(2,3)4/h5-11,16,20H,12-15,17H2,1-4H3,(H,29,30,35). The molecule has 0 saturated carbocycles. The highest BCUT2D eigenvalue weighted by atomic mass is 16.2. The summed E-state index contributed by atoms with van der Waals surface area (Å²) < 4.78 is 1.69. The van der Waals surface area contributed by atoms with Crippen LogP contribution in [-0.2, 0) is 12.0 Å². The summed E-state index contributed by atoms with van der Waals surface area (Å²) in [4.78, 5) is 35.3. The molecule has 4 aromatic rings. The summed E-state index contributed by atoms with van der Waals surface area (Å²) >= 11 is 0. The smallest absolute Gasteiger partial charge is 0.281 e. The Balaban J connectivity index is 1.33. The van der Waals surface area contributed by atoms with Crippen LogP contribution >= 0.6 is 0 Å². The number of rotatable bonds is 4.